The molecule has 0 heterocycles. The molecule has 0 aromatic rings. The number of hydrogen-bond acceptors (Lipinski definition) is 5. The van der Waals surface area contributed by atoms with E-state index < -0.39 is 45.0 Å². The first kappa shape index (κ1) is 34.7. The standard InChI is InChI=1S/C18H36O2.C8H20O4Si/c1-2-3-4-5-6-7-8-9-10-11-12-13-14-15-16-17-18(19)20;1-13(2,3)7(12)8(4-9,5-10)6-11/h2-17H2,1H3,(H,19,20);7,9-12H,4-6H2,1-3H3. The molecule has 1 unspecified atom stereocenters. The van der Waals surface area contributed by atoms with Crippen molar-refractivity contribution in [2.45, 2.75) is 135 Å². The molecule has 0 aliphatic heterocycles. The van der Waals surface area contributed by atoms with Gasteiger partial charge in [0.05, 0.1) is 39.0 Å². The van der Waals surface area contributed by atoms with Gasteiger partial charge in [0.25, 0.3) is 0 Å². The molecule has 33 heavy (non-hydrogen) atoms. The highest BCUT2D eigenvalue weighted by Gasteiger charge is 2.43. The van der Waals surface area contributed by atoms with Crippen LogP contribution < -0.4 is 0 Å². The summed E-state index contributed by atoms with van der Waals surface area (Å²) in [5.74, 6) is -0.653. The van der Waals surface area contributed by atoms with Crippen molar-refractivity contribution in [3.63, 3.8) is 0 Å². The van der Waals surface area contributed by atoms with Crippen LogP contribution in [0.3, 0.4) is 0 Å². The Morgan fingerprint density at radius 2 is 0.970 bits per heavy atom. The summed E-state index contributed by atoms with van der Waals surface area (Å²) in [6.07, 6.45) is 20.2. The highest BCUT2D eigenvalue weighted by molar-refractivity contribution is 6.77. The lowest BCUT2D eigenvalue weighted by Gasteiger charge is -2.39. The van der Waals surface area contributed by atoms with Gasteiger partial charge in [0.2, 0.25) is 0 Å². The van der Waals surface area contributed by atoms with Crippen molar-refractivity contribution in [3.8, 4) is 0 Å². The molecule has 0 rings (SSSR count). The Bertz CT molecular complexity index is 427. The van der Waals surface area contributed by atoms with Gasteiger partial charge >= 0.3 is 5.97 Å². The van der Waals surface area contributed by atoms with Crippen LogP contribution in [0, 0.1) is 5.41 Å². The van der Waals surface area contributed by atoms with Gasteiger partial charge in [-0.05, 0) is 6.42 Å². The van der Waals surface area contributed by atoms with Crippen molar-refractivity contribution >= 4 is 14.0 Å². The molecule has 0 bridgehead atoms. The number of carbonyl (C=O) groups is 1. The maximum atomic E-state index is 10.3. The Labute approximate surface area is 204 Å². The molecule has 0 amide bonds. The molecule has 0 aliphatic rings. The average molecular weight is 493 g/mol. The van der Waals surface area contributed by atoms with Gasteiger partial charge in [-0.25, -0.2) is 0 Å². The Balaban J connectivity index is 0. The molecule has 6 nitrogen and oxygen atoms in total. The lowest BCUT2D eigenvalue weighted by Crippen LogP contribution is -2.56. The zero-order valence-corrected chi connectivity index (χ0v) is 23.2. The second kappa shape index (κ2) is 22.0. The Hall–Kier alpha value is -0.473. The second-order valence-corrected chi connectivity index (χ2v) is 16.0. The van der Waals surface area contributed by atoms with E-state index >= 15 is 0 Å². The fourth-order valence-corrected chi connectivity index (χ4v) is 6.09. The molecule has 0 aromatic heterocycles. The highest BCUT2D eigenvalue weighted by atomic mass is 28.3. The van der Waals surface area contributed by atoms with Crippen molar-refractivity contribution < 1.29 is 30.3 Å². The number of unbranched alkanes of at least 4 members (excludes halogenated alkanes) is 14. The van der Waals surface area contributed by atoms with Crippen LogP contribution in [0.4, 0.5) is 0 Å². The topological polar surface area (TPSA) is 118 Å². The predicted molar refractivity (Wildman–Crippen MR) is 140 cm³/mol. The zero-order chi connectivity index (χ0) is 25.6. The summed E-state index contributed by atoms with van der Waals surface area (Å²) in [7, 11) is -1.88. The zero-order valence-electron chi connectivity index (χ0n) is 22.2. The van der Waals surface area contributed by atoms with E-state index in [1.807, 2.05) is 19.6 Å². The van der Waals surface area contributed by atoms with Crippen LogP contribution in [0.5, 0.6) is 0 Å². The van der Waals surface area contributed by atoms with Gasteiger partial charge in [0.15, 0.2) is 0 Å². The van der Waals surface area contributed by atoms with Crippen LogP contribution in [0.15, 0.2) is 0 Å². The van der Waals surface area contributed by atoms with Gasteiger partial charge in [-0.2, -0.15) is 0 Å². The Kier molecular flexibility index (Phi) is 23.1. The summed E-state index contributed by atoms with van der Waals surface area (Å²) < 4.78 is 0. The van der Waals surface area contributed by atoms with Gasteiger partial charge in [0, 0.05) is 6.42 Å². The number of aliphatic carboxylic acids is 1. The van der Waals surface area contributed by atoms with E-state index in [-0.39, 0.29) is 0 Å². The average Bonchev–Trinajstić information content (AvgIpc) is 2.77. The second-order valence-electron chi connectivity index (χ2n) is 10.7. The number of carboxylic acids is 1. The van der Waals surface area contributed by atoms with E-state index in [4.69, 9.17) is 20.4 Å². The Morgan fingerprint density at radius 1 is 0.667 bits per heavy atom. The molecular weight excluding hydrogens is 436 g/mol. The van der Waals surface area contributed by atoms with Gasteiger partial charge in [-0.1, -0.05) is 116 Å². The molecule has 5 N–H and O–H groups in total. The summed E-state index contributed by atoms with van der Waals surface area (Å²) in [6, 6.07) is 0. The summed E-state index contributed by atoms with van der Waals surface area (Å²) in [5, 5.41) is 45.6. The minimum absolute atomic E-state index is 0.345. The Morgan fingerprint density at radius 3 is 1.18 bits per heavy atom. The lowest BCUT2D eigenvalue weighted by atomic mass is 9.92. The minimum atomic E-state index is -1.88. The number of carboxylic acid groups (broad SMARTS) is 1. The molecule has 0 fully saturated rings. The summed E-state index contributed by atoms with van der Waals surface area (Å²) >= 11 is 0. The maximum Gasteiger partial charge on any atom is 0.303 e. The molecule has 0 aliphatic carbocycles. The van der Waals surface area contributed by atoms with E-state index in [2.05, 4.69) is 6.92 Å². The van der Waals surface area contributed by atoms with Crippen molar-refractivity contribution in [1.29, 1.82) is 0 Å². The number of aliphatic hydroxyl groups is 4. The summed E-state index contributed by atoms with van der Waals surface area (Å²) in [4.78, 5) is 10.3. The van der Waals surface area contributed by atoms with Gasteiger partial charge in [0.1, 0.15) is 0 Å². The lowest BCUT2D eigenvalue weighted by molar-refractivity contribution is -0.137. The number of aliphatic hydroxyl groups excluding tert-OH is 4. The number of hydrogen-bond donors (Lipinski definition) is 5. The minimum Gasteiger partial charge on any atom is -0.481 e. The predicted octanol–water partition coefficient (Wildman–Crippen LogP) is 5.52. The largest absolute Gasteiger partial charge is 0.481 e. The molecule has 200 valence electrons. The van der Waals surface area contributed by atoms with Crippen molar-refractivity contribution in [2.75, 3.05) is 19.8 Å². The van der Waals surface area contributed by atoms with Crippen molar-refractivity contribution in [1.82, 2.24) is 0 Å². The van der Waals surface area contributed by atoms with Crippen LogP contribution in [-0.2, 0) is 4.79 Å². The molecular formula is C26H56O6Si. The third kappa shape index (κ3) is 19.5. The van der Waals surface area contributed by atoms with E-state index in [1.54, 1.807) is 0 Å². The SMILES string of the molecule is CCCCCCCCCCCCCCCCCC(=O)O.C[Si](C)(C)C(O)C(CO)(CO)CO. The normalized spacial score (nSPS) is 12.8. The molecule has 0 saturated carbocycles. The van der Waals surface area contributed by atoms with Gasteiger partial charge in [-0.15, -0.1) is 0 Å². The highest BCUT2D eigenvalue weighted by Crippen LogP contribution is 2.27. The maximum absolute atomic E-state index is 10.3. The molecule has 0 spiro atoms. The fourth-order valence-electron chi connectivity index (χ4n) is 3.98. The van der Waals surface area contributed by atoms with Crippen LogP contribution in [0.1, 0.15) is 110 Å². The van der Waals surface area contributed by atoms with Crippen molar-refractivity contribution in [2.24, 2.45) is 5.41 Å². The van der Waals surface area contributed by atoms with E-state index in [0.29, 0.717) is 6.42 Å². The van der Waals surface area contributed by atoms with Crippen LogP contribution >= 0.6 is 0 Å². The van der Waals surface area contributed by atoms with E-state index in [9.17, 15) is 9.90 Å². The first-order chi connectivity index (χ1) is 15.6. The smallest absolute Gasteiger partial charge is 0.303 e. The summed E-state index contributed by atoms with van der Waals surface area (Å²) in [5.41, 5.74) is -1.95. The molecule has 0 aromatic carbocycles. The third-order valence-electron chi connectivity index (χ3n) is 6.34. The van der Waals surface area contributed by atoms with Crippen LogP contribution in [0.25, 0.3) is 0 Å². The summed E-state index contributed by atoms with van der Waals surface area (Å²) in [6.45, 7) is 6.85. The monoisotopic (exact) mass is 492 g/mol. The third-order valence-corrected chi connectivity index (χ3v) is 8.59. The fraction of sp³-hybridized carbons (Fsp3) is 0.962. The van der Waals surface area contributed by atoms with E-state index in [1.165, 1.54) is 83.5 Å². The molecule has 7 heteroatoms. The van der Waals surface area contributed by atoms with E-state index in [0.717, 1.165) is 12.8 Å². The van der Waals surface area contributed by atoms with Crippen molar-refractivity contribution in [3.05, 3.63) is 0 Å². The number of rotatable bonds is 21. The first-order valence-corrected chi connectivity index (χ1v) is 16.9. The molecule has 0 saturated heterocycles. The van der Waals surface area contributed by atoms with Crippen LogP contribution in [-0.4, -0.2) is 65.1 Å². The quantitative estimate of drug-likeness (QED) is 0.106. The molecule has 0 radical (unpaired) electrons. The van der Waals surface area contributed by atoms with Gasteiger partial charge < -0.3 is 25.5 Å². The van der Waals surface area contributed by atoms with Gasteiger partial charge in [-0.3, -0.25) is 4.79 Å². The van der Waals surface area contributed by atoms with Crippen LogP contribution in [0.2, 0.25) is 19.6 Å². The molecule has 1 atom stereocenters. The first-order valence-electron chi connectivity index (χ1n) is 13.3.